The fourth-order valence-corrected chi connectivity index (χ4v) is 18.7. The average Bonchev–Trinajstić information content (AvgIpc) is 3.86. The summed E-state index contributed by atoms with van der Waals surface area (Å²) in [5.41, 5.74) is 5.25. The Morgan fingerprint density at radius 1 is 0.730 bits per heavy atom. The Balaban J connectivity index is 0.000000305. The summed E-state index contributed by atoms with van der Waals surface area (Å²) in [6.45, 7) is 28.1. The molecule has 0 aromatic rings. The largest absolute Gasteiger partial charge is 0.483 e. The van der Waals surface area contributed by atoms with Gasteiger partial charge in [-0.25, -0.2) is 0 Å². The van der Waals surface area contributed by atoms with Crippen LogP contribution in [0.1, 0.15) is 223 Å². The monoisotopic (exact) mass is 1100 g/mol. The minimum absolute atomic E-state index is 0. The van der Waals surface area contributed by atoms with Crippen LogP contribution in [0.4, 0.5) is 0 Å². The first kappa shape index (κ1) is 66.0. The molecule has 15 atom stereocenters. The van der Waals surface area contributed by atoms with Gasteiger partial charge >= 0.3 is 0 Å². The predicted molar refractivity (Wildman–Crippen MR) is 312 cm³/mol. The Kier molecular flexibility index (Phi) is 28.6. The Hall–Kier alpha value is -0.546. The molecule has 423 valence electrons. The Bertz CT molecular complexity index is 1690. The van der Waals surface area contributed by atoms with Crippen LogP contribution < -0.4 is 5.32 Å². The third-order valence-electron chi connectivity index (χ3n) is 23.1. The minimum atomic E-state index is -0.250. The molecule has 0 aromatic heterocycles. The van der Waals surface area contributed by atoms with Crippen LogP contribution in [0.2, 0.25) is 0 Å². The number of hydrogen-bond acceptors (Lipinski definition) is 5. The molecule has 5 saturated carbocycles. The first-order chi connectivity index (χ1) is 35.1. The molecule has 6 fully saturated rings. The van der Waals surface area contributed by atoms with Crippen molar-refractivity contribution in [3.8, 4) is 12.8 Å². The third-order valence-corrected chi connectivity index (χ3v) is 23.1. The van der Waals surface area contributed by atoms with Gasteiger partial charge in [-0.2, -0.15) is 12.8 Å². The van der Waals surface area contributed by atoms with E-state index < -0.39 is 0 Å². The van der Waals surface area contributed by atoms with Gasteiger partial charge in [0.15, 0.2) is 0 Å². The summed E-state index contributed by atoms with van der Waals surface area (Å²) in [5, 5.41) is 20.6. The van der Waals surface area contributed by atoms with Gasteiger partial charge in [-0.15, -0.1) is 12.8 Å². The quantitative estimate of drug-likeness (QED) is 0.0460. The topological polar surface area (TPSA) is 76.0 Å². The molecule has 0 spiro atoms. The molecule has 0 bridgehead atoms. The normalized spacial score (nSPS) is 35.6. The van der Waals surface area contributed by atoms with E-state index in [1.54, 1.807) is 5.57 Å². The van der Waals surface area contributed by atoms with Gasteiger partial charge < -0.3 is 31.8 Å². The summed E-state index contributed by atoms with van der Waals surface area (Å²) in [6, 6.07) is 0.822. The molecule has 8 rings (SSSR count). The summed E-state index contributed by atoms with van der Waals surface area (Å²) >= 11 is 0. The maximum Gasteiger partial charge on any atom is 0.290 e. The first-order valence-electron chi connectivity index (χ1n) is 31.4. The number of rotatable bonds is 21. The number of terminal acetylenes is 1. The maximum absolute atomic E-state index is 9.61. The van der Waals surface area contributed by atoms with Crippen LogP contribution in [0.5, 0.6) is 0 Å². The number of carboxylic acid groups (broad SMARTS) is 1. The molecule has 1 aliphatic heterocycles. The molecule has 1 radical (unpaired) electrons. The zero-order chi connectivity index (χ0) is 53.3. The van der Waals surface area contributed by atoms with Crippen molar-refractivity contribution in [1.29, 1.82) is 0 Å². The summed E-state index contributed by atoms with van der Waals surface area (Å²) in [4.78, 5) is 13.2. The van der Waals surface area contributed by atoms with E-state index in [-0.39, 0.29) is 45.8 Å². The number of allylic oxidation sites excluding steroid dienone is 4. The minimum Gasteiger partial charge on any atom is -0.483 e. The number of nitrogens with zero attached hydrogens (tertiary/aromatic N) is 2. The number of aliphatic hydroxyl groups is 1. The van der Waals surface area contributed by atoms with Gasteiger partial charge in [-0.05, 0) is 236 Å². The van der Waals surface area contributed by atoms with Gasteiger partial charge in [0.25, 0.3) is 6.47 Å². The number of aliphatic hydroxyl groups excluding tert-OH is 1. The second kappa shape index (κ2) is 32.0. The molecule has 7 aliphatic carbocycles. The van der Waals surface area contributed by atoms with E-state index in [9.17, 15) is 5.11 Å². The van der Waals surface area contributed by atoms with E-state index >= 15 is 0 Å². The van der Waals surface area contributed by atoms with E-state index in [0.717, 1.165) is 109 Å². The summed E-state index contributed by atoms with van der Waals surface area (Å²) < 4.78 is 0. The molecule has 1 saturated heterocycles. The zero-order valence-electron chi connectivity index (χ0n) is 50.2. The van der Waals surface area contributed by atoms with Crippen molar-refractivity contribution < 1.29 is 47.7 Å². The first-order valence-corrected chi connectivity index (χ1v) is 31.4. The molecule has 6 nitrogen and oxygen atoms in total. The van der Waals surface area contributed by atoms with Gasteiger partial charge in [-0.1, -0.05) is 131 Å². The van der Waals surface area contributed by atoms with E-state index in [2.05, 4.69) is 123 Å². The van der Waals surface area contributed by atoms with Crippen molar-refractivity contribution >= 4 is 6.47 Å². The van der Waals surface area contributed by atoms with Gasteiger partial charge in [0, 0.05) is 45.3 Å². The fourth-order valence-electron chi connectivity index (χ4n) is 18.7. The standard InChI is InChI=1S/C37H68N2O.C27H46N.C2H2.CH2O2.Y/c1-8-30(28(2)3)11-9-12-31-14-16-34-33-15-13-32-27-29(19-24-39(25-26-40)23-10-22-38(6)7)17-20-37(32,5)35(33)18-21-36(31,34)4;1-5-20(19(2)3)9-8-10-21-12-14-24-23-15-13-22-11-6-7-17-27(22,4)25(23)16-18-28-26(21)24;1-2;2-1-3;/h13,28-31,33-35,40H,8-12,14-27H2,1-7H3;6,13,19-21,23-26,28H,5,7-12,14-18H2,1-4H3;1-2H;1H,(H,2,3);/q;-1;;;/t29?,30?,31?,33?,34?,35?,36-,37?;;;;/m1..../s1. The molecule has 74 heavy (non-hydrogen) atoms. The zero-order valence-corrected chi connectivity index (χ0v) is 53.1. The average molecular weight is 1100 g/mol. The Morgan fingerprint density at radius 3 is 2.01 bits per heavy atom. The summed E-state index contributed by atoms with van der Waals surface area (Å²) in [7, 11) is 4.32. The second-order valence-corrected chi connectivity index (χ2v) is 27.4. The second-order valence-electron chi connectivity index (χ2n) is 27.4. The van der Waals surface area contributed by atoms with Crippen molar-refractivity contribution in [3.63, 3.8) is 0 Å². The number of hydrogen-bond donors (Lipinski definition) is 3. The van der Waals surface area contributed by atoms with Crippen molar-refractivity contribution in [3.05, 3.63) is 29.7 Å². The number of carbonyl (C=O) groups is 1. The Morgan fingerprint density at radius 2 is 1.36 bits per heavy atom. The maximum atomic E-state index is 9.61. The van der Waals surface area contributed by atoms with Crippen LogP contribution in [-0.2, 0) is 37.5 Å². The number of fused-ring (bicyclic) bond motifs is 10. The third kappa shape index (κ3) is 16.3. The van der Waals surface area contributed by atoms with Gasteiger partial charge in [-0.3, -0.25) is 4.79 Å². The fraction of sp³-hybridized carbons (Fsp3) is 0.881. The van der Waals surface area contributed by atoms with Crippen LogP contribution in [-0.4, -0.2) is 86.0 Å². The molecule has 1 heterocycles. The molecule has 7 heteroatoms. The number of nitrogens with one attached hydrogen (secondary N) is 1. The molecule has 14 unspecified atom stereocenters. The van der Waals surface area contributed by atoms with Crippen molar-refractivity contribution in [2.24, 2.45) is 93.2 Å². The molecular formula is C67H118N3O3Y-. The molecule has 8 aliphatic rings. The summed E-state index contributed by atoms with van der Waals surface area (Å²) in [6.07, 6.45) is 51.4. The molecule has 0 aromatic carbocycles. The molecule has 0 amide bonds. The van der Waals surface area contributed by atoms with Crippen LogP contribution in [0.15, 0.2) is 23.3 Å². The van der Waals surface area contributed by atoms with E-state index in [1.165, 1.54) is 167 Å². The van der Waals surface area contributed by atoms with Gasteiger partial charge in [0.2, 0.25) is 0 Å². The smallest absolute Gasteiger partial charge is 0.290 e. The van der Waals surface area contributed by atoms with Gasteiger partial charge in [0.1, 0.15) is 0 Å². The van der Waals surface area contributed by atoms with Crippen LogP contribution in [0.25, 0.3) is 0 Å². The van der Waals surface area contributed by atoms with E-state index in [0.29, 0.717) is 16.2 Å². The van der Waals surface area contributed by atoms with Crippen molar-refractivity contribution in [2.75, 3.05) is 53.4 Å². The van der Waals surface area contributed by atoms with Crippen molar-refractivity contribution in [1.82, 2.24) is 15.1 Å². The van der Waals surface area contributed by atoms with Crippen LogP contribution >= 0.6 is 0 Å². The Labute approximate surface area is 484 Å². The SMILES string of the molecule is C#C.CCC(CCCC1CCC2C3CC=C4CC(CCN(CCO)CCCN(C)C)CCC4(C)C3CC[C@]12C)C(C)C.CCC(CCCC1CCC2C3CC=C4C[CH-]CCC4(C)C3CCNC12)C(C)C.O=CO.[Y]. The van der Waals surface area contributed by atoms with E-state index in [1.807, 2.05) is 5.57 Å². The summed E-state index contributed by atoms with van der Waals surface area (Å²) in [5.74, 6) is 12.0. The van der Waals surface area contributed by atoms with Gasteiger partial charge in [0.05, 0.1) is 6.61 Å². The molecular weight excluding hydrogens is 984 g/mol. The van der Waals surface area contributed by atoms with Crippen molar-refractivity contribution in [2.45, 2.75) is 229 Å². The predicted octanol–water partition coefficient (Wildman–Crippen LogP) is 15.8. The molecule has 3 N–H and O–H groups in total. The van der Waals surface area contributed by atoms with Crippen LogP contribution in [0.3, 0.4) is 0 Å². The van der Waals surface area contributed by atoms with Crippen LogP contribution in [0, 0.1) is 112 Å². The van der Waals surface area contributed by atoms with E-state index in [4.69, 9.17) is 9.90 Å².